The van der Waals surface area contributed by atoms with Gasteiger partial charge in [0.25, 0.3) is 0 Å². The summed E-state index contributed by atoms with van der Waals surface area (Å²) in [7, 11) is 0. The van der Waals surface area contributed by atoms with E-state index in [2.05, 4.69) is 20.9 Å². The highest BCUT2D eigenvalue weighted by molar-refractivity contribution is 9.10. The van der Waals surface area contributed by atoms with Gasteiger partial charge in [0.1, 0.15) is 5.82 Å². The van der Waals surface area contributed by atoms with E-state index in [1.807, 2.05) is 13.8 Å². The van der Waals surface area contributed by atoms with Gasteiger partial charge >= 0.3 is 0 Å². The lowest BCUT2D eigenvalue weighted by Gasteiger charge is -2.19. The maximum absolute atomic E-state index is 12.1. The number of amides is 1. The summed E-state index contributed by atoms with van der Waals surface area (Å²) in [6.07, 6.45) is 2.12. The van der Waals surface area contributed by atoms with Gasteiger partial charge in [-0.3, -0.25) is 14.5 Å². The van der Waals surface area contributed by atoms with Gasteiger partial charge in [-0.15, -0.1) is 0 Å². The van der Waals surface area contributed by atoms with Crippen LogP contribution in [0.3, 0.4) is 0 Å². The summed E-state index contributed by atoms with van der Waals surface area (Å²) in [5.74, 6) is 0.744. The fraction of sp³-hybridized carbons (Fsp3) is 0.462. The zero-order valence-corrected chi connectivity index (χ0v) is 13.5. The number of carbonyl (C=O) groups is 2. The van der Waals surface area contributed by atoms with E-state index in [1.54, 1.807) is 11.1 Å². The van der Waals surface area contributed by atoms with Crippen molar-refractivity contribution in [1.82, 2.24) is 4.98 Å². The molecule has 1 aliphatic rings. The number of nitrogens with zero attached hydrogens (tertiary/aromatic N) is 2. The molecule has 1 aromatic heterocycles. The second kappa shape index (κ2) is 5.63. The molecule has 1 fully saturated rings. The first-order valence-electron chi connectivity index (χ1n) is 5.99. The van der Waals surface area contributed by atoms with Crippen LogP contribution in [0.5, 0.6) is 0 Å². The van der Waals surface area contributed by atoms with Crippen molar-refractivity contribution in [3.63, 3.8) is 0 Å². The predicted octanol–water partition coefficient (Wildman–Crippen LogP) is 2.85. The highest BCUT2D eigenvalue weighted by atomic mass is 79.9. The lowest BCUT2D eigenvalue weighted by molar-refractivity contribution is -0.117. The molecule has 2 rings (SSSR count). The number of halogens is 1. The molecule has 0 N–H and O–H groups in total. The molecule has 0 radical (unpaired) electrons. The lowest BCUT2D eigenvalue weighted by Crippen LogP contribution is -2.27. The molecule has 0 aromatic carbocycles. The average Bonchev–Trinajstić information content (AvgIpc) is 2.66. The Labute approximate surface area is 125 Å². The van der Waals surface area contributed by atoms with Crippen LogP contribution < -0.4 is 4.90 Å². The van der Waals surface area contributed by atoms with E-state index in [-0.39, 0.29) is 16.3 Å². The Morgan fingerprint density at radius 2 is 2.16 bits per heavy atom. The molecule has 0 spiro atoms. The van der Waals surface area contributed by atoms with E-state index in [1.165, 1.54) is 18.7 Å². The van der Waals surface area contributed by atoms with Crippen LogP contribution in [0.2, 0.25) is 0 Å². The standard InChI is InChI=1S/C13H15BrN2O2S/c1-7-8(2)13(15-5-11(7)14)16-6-10(4-12(16)18)19-9(3)17/h5,10H,4,6H2,1-3H3. The van der Waals surface area contributed by atoms with Gasteiger partial charge < -0.3 is 0 Å². The van der Waals surface area contributed by atoms with Crippen molar-refractivity contribution in [2.24, 2.45) is 0 Å². The number of hydrogen-bond acceptors (Lipinski definition) is 4. The smallest absolute Gasteiger partial charge is 0.229 e. The van der Waals surface area contributed by atoms with Crippen LogP contribution in [-0.2, 0) is 9.59 Å². The molecule has 6 heteroatoms. The predicted molar refractivity (Wildman–Crippen MR) is 80.4 cm³/mol. The molecule has 1 unspecified atom stereocenters. The third-order valence-corrected chi connectivity index (χ3v) is 5.01. The first-order valence-corrected chi connectivity index (χ1v) is 7.66. The van der Waals surface area contributed by atoms with Crippen molar-refractivity contribution in [3.05, 3.63) is 21.8 Å². The molecule has 4 nitrogen and oxygen atoms in total. The van der Waals surface area contributed by atoms with Crippen LogP contribution in [0.15, 0.2) is 10.7 Å². The fourth-order valence-corrected chi connectivity index (χ4v) is 3.44. The summed E-state index contributed by atoms with van der Waals surface area (Å²) in [6, 6.07) is 0. The van der Waals surface area contributed by atoms with Gasteiger partial charge in [-0.25, -0.2) is 4.98 Å². The molecular formula is C13H15BrN2O2S. The zero-order valence-electron chi connectivity index (χ0n) is 11.1. The summed E-state index contributed by atoms with van der Waals surface area (Å²) in [5.41, 5.74) is 2.08. The van der Waals surface area contributed by atoms with E-state index in [0.717, 1.165) is 15.6 Å². The molecular weight excluding hydrogens is 328 g/mol. The number of rotatable bonds is 2. The minimum absolute atomic E-state index is 0.0372. The summed E-state index contributed by atoms with van der Waals surface area (Å²) in [5, 5.41) is 0.0893. The summed E-state index contributed by atoms with van der Waals surface area (Å²) >= 11 is 4.67. The van der Waals surface area contributed by atoms with Crippen molar-refractivity contribution in [1.29, 1.82) is 0 Å². The second-order valence-electron chi connectivity index (χ2n) is 4.62. The molecule has 102 valence electrons. The van der Waals surface area contributed by atoms with Gasteiger partial charge in [0.15, 0.2) is 5.12 Å². The molecule has 1 aliphatic heterocycles. The molecule has 0 saturated carbocycles. The van der Waals surface area contributed by atoms with E-state index in [4.69, 9.17) is 0 Å². The van der Waals surface area contributed by atoms with Gasteiger partial charge in [0, 0.05) is 35.8 Å². The molecule has 2 heterocycles. The largest absolute Gasteiger partial charge is 0.295 e. The third kappa shape index (κ3) is 3.00. The molecule has 1 amide bonds. The topological polar surface area (TPSA) is 50.3 Å². The van der Waals surface area contributed by atoms with Crippen LogP contribution in [0.25, 0.3) is 0 Å². The van der Waals surface area contributed by atoms with Crippen LogP contribution >= 0.6 is 27.7 Å². The van der Waals surface area contributed by atoms with Gasteiger partial charge in [0.05, 0.1) is 0 Å². The van der Waals surface area contributed by atoms with Crippen LogP contribution in [0.1, 0.15) is 24.5 Å². The number of carbonyl (C=O) groups excluding carboxylic acids is 2. The number of thioether (sulfide) groups is 1. The Balaban J connectivity index is 2.26. The van der Waals surface area contributed by atoms with Crippen molar-refractivity contribution in [3.8, 4) is 0 Å². The normalized spacial score (nSPS) is 19.1. The number of hydrogen-bond donors (Lipinski definition) is 0. The number of anilines is 1. The highest BCUT2D eigenvalue weighted by Crippen LogP contribution is 2.32. The van der Waals surface area contributed by atoms with E-state index in [0.29, 0.717) is 18.8 Å². The third-order valence-electron chi connectivity index (χ3n) is 3.23. The Hall–Kier alpha value is -0.880. The fourth-order valence-electron chi connectivity index (χ4n) is 2.12. The van der Waals surface area contributed by atoms with Crippen LogP contribution in [0, 0.1) is 13.8 Å². The monoisotopic (exact) mass is 342 g/mol. The quantitative estimate of drug-likeness (QED) is 0.829. The first-order chi connectivity index (χ1) is 8.90. The van der Waals surface area contributed by atoms with Crippen molar-refractivity contribution < 1.29 is 9.59 Å². The maximum Gasteiger partial charge on any atom is 0.229 e. The first kappa shape index (κ1) is 14.5. The highest BCUT2D eigenvalue weighted by Gasteiger charge is 2.33. The van der Waals surface area contributed by atoms with Crippen molar-refractivity contribution >= 4 is 44.5 Å². The minimum Gasteiger partial charge on any atom is -0.295 e. The van der Waals surface area contributed by atoms with Gasteiger partial charge in [-0.1, -0.05) is 11.8 Å². The Morgan fingerprint density at radius 3 is 2.79 bits per heavy atom. The SMILES string of the molecule is CC(=O)SC1CC(=O)N(c2ncc(Br)c(C)c2C)C1. The van der Waals surface area contributed by atoms with E-state index >= 15 is 0 Å². The van der Waals surface area contributed by atoms with E-state index < -0.39 is 0 Å². The van der Waals surface area contributed by atoms with Crippen LogP contribution in [0.4, 0.5) is 5.82 Å². The zero-order chi connectivity index (χ0) is 14.2. The number of pyridine rings is 1. The van der Waals surface area contributed by atoms with Gasteiger partial charge in [-0.05, 0) is 40.9 Å². The van der Waals surface area contributed by atoms with E-state index in [9.17, 15) is 9.59 Å². The summed E-state index contributed by atoms with van der Waals surface area (Å²) in [4.78, 5) is 29.2. The van der Waals surface area contributed by atoms with Crippen molar-refractivity contribution in [2.75, 3.05) is 11.4 Å². The second-order valence-corrected chi connectivity index (χ2v) is 6.95. The Bertz CT molecular complexity index is 548. The Kier molecular flexibility index (Phi) is 4.30. The summed E-state index contributed by atoms with van der Waals surface area (Å²) in [6.45, 7) is 6.04. The molecule has 0 bridgehead atoms. The maximum atomic E-state index is 12.1. The molecule has 1 aromatic rings. The van der Waals surface area contributed by atoms with Gasteiger partial charge in [-0.2, -0.15) is 0 Å². The number of aromatic nitrogens is 1. The molecule has 1 atom stereocenters. The molecule has 0 aliphatic carbocycles. The van der Waals surface area contributed by atoms with Crippen molar-refractivity contribution in [2.45, 2.75) is 32.4 Å². The molecule has 1 saturated heterocycles. The van der Waals surface area contributed by atoms with Crippen LogP contribution in [-0.4, -0.2) is 27.8 Å². The summed E-state index contributed by atoms with van der Waals surface area (Å²) < 4.78 is 0.940. The molecule has 19 heavy (non-hydrogen) atoms. The van der Waals surface area contributed by atoms with Gasteiger partial charge in [0.2, 0.25) is 5.91 Å². The Morgan fingerprint density at radius 1 is 1.47 bits per heavy atom. The minimum atomic E-state index is 0.0372. The average molecular weight is 343 g/mol. The lowest BCUT2D eigenvalue weighted by atomic mass is 10.1.